The number of carbonyl (C=O) groups is 2. The maximum absolute atomic E-state index is 12.5. The van der Waals surface area contributed by atoms with Crippen LogP contribution in [-0.4, -0.2) is 34.2 Å². The molecule has 37 heavy (non-hydrogen) atoms. The van der Waals surface area contributed by atoms with Gasteiger partial charge < -0.3 is 11.1 Å². The maximum atomic E-state index is 12.5. The average Bonchev–Trinajstić information content (AvgIpc) is 2.81. The predicted molar refractivity (Wildman–Crippen MR) is 161 cm³/mol. The van der Waals surface area contributed by atoms with Gasteiger partial charge in [0.15, 0.2) is 5.78 Å². The van der Waals surface area contributed by atoms with E-state index in [4.69, 9.17) is 5.73 Å². The Balaban J connectivity index is 2.30. The lowest BCUT2D eigenvalue weighted by atomic mass is 9.91. The van der Waals surface area contributed by atoms with Crippen molar-refractivity contribution in [3.05, 3.63) is 35.5 Å². The van der Waals surface area contributed by atoms with Crippen LogP contribution in [0.3, 0.4) is 0 Å². The maximum Gasteiger partial charge on any atom is 0.224 e. The topological polar surface area (TPSA) is 85.1 Å². The van der Waals surface area contributed by atoms with Crippen LogP contribution in [0.2, 0.25) is 0 Å². The molecule has 6 heteroatoms. The highest BCUT2D eigenvalue weighted by Gasteiger charge is 2.20. The molecule has 210 valence electrons. The molecular weight excluding hydrogens is 478 g/mol. The number of ketones is 1. The van der Waals surface area contributed by atoms with E-state index in [-0.39, 0.29) is 12.2 Å². The van der Waals surface area contributed by atoms with Crippen LogP contribution >= 0.6 is 11.8 Å². The molecule has 0 bridgehead atoms. The first-order chi connectivity index (χ1) is 17.6. The van der Waals surface area contributed by atoms with Crippen LogP contribution in [0.4, 0.5) is 5.82 Å². The van der Waals surface area contributed by atoms with Crippen LogP contribution in [-0.2, 0) is 9.59 Å². The molecule has 0 aliphatic rings. The fourth-order valence-electron chi connectivity index (χ4n) is 4.44. The van der Waals surface area contributed by atoms with Gasteiger partial charge in [-0.25, -0.2) is 4.98 Å². The van der Waals surface area contributed by atoms with Crippen molar-refractivity contribution in [1.82, 2.24) is 4.98 Å². The van der Waals surface area contributed by atoms with Gasteiger partial charge >= 0.3 is 0 Å². The molecule has 0 saturated carbocycles. The van der Waals surface area contributed by atoms with Crippen LogP contribution in [0.15, 0.2) is 30.0 Å². The number of rotatable bonds is 21. The van der Waals surface area contributed by atoms with E-state index in [2.05, 4.69) is 51.0 Å². The normalized spacial score (nSPS) is 14.4. The van der Waals surface area contributed by atoms with Crippen molar-refractivity contribution in [3.8, 4) is 0 Å². The summed E-state index contributed by atoms with van der Waals surface area (Å²) in [6.45, 7) is 13.6. The Bertz CT molecular complexity index is 807. The number of hydrogen-bond donors (Lipinski definition) is 2. The molecular formula is C31H53N3O2S. The van der Waals surface area contributed by atoms with Crippen molar-refractivity contribution < 1.29 is 9.59 Å². The molecule has 3 unspecified atom stereocenters. The molecule has 0 aliphatic carbocycles. The van der Waals surface area contributed by atoms with Crippen molar-refractivity contribution in [1.29, 1.82) is 0 Å². The van der Waals surface area contributed by atoms with Gasteiger partial charge in [0, 0.05) is 17.7 Å². The highest BCUT2D eigenvalue weighted by atomic mass is 32.2. The Morgan fingerprint density at radius 2 is 1.62 bits per heavy atom. The minimum Gasteiger partial charge on any atom is -0.369 e. The number of aromatic nitrogens is 1. The molecule has 1 amide bonds. The van der Waals surface area contributed by atoms with E-state index in [1.807, 2.05) is 19.1 Å². The van der Waals surface area contributed by atoms with Crippen molar-refractivity contribution in [2.24, 2.45) is 23.5 Å². The number of anilines is 1. The molecule has 3 N–H and O–H groups in total. The largest absolute Gasteiger partial charge is 0.369 e. The molecule has 1 aromatic heterocycles. The Morgan fingerprint density at radius 1 is 1.00 bits per heavy atom. The number of amides is 1. The molecule has 5 nitrogen and oxygen atoms in total. The number of nitrogens with two attached hydrogens (primary N) is 1. The zero-order valence-corrected chi connectivity index (χ0v) is 25.2. The van der Waals surface area contributed by atoms with E-state index in [1.54, 1.807) is 18.0 Å². The zero-order valence-electron chi connectivity index (χ0n) is 24.4. The number of Topliss-reactive ketones (excluding diaryl/α,β-unsaturated/α-hetero) is 1. The summed E-state index contributed by atoms with van der Waals surface area (Å²) in [5.41, 5.74) is 7.72. The summed E-state index contributed by atoms with van der Waals surface area (Å²) >= 11 is 1.69. The van der Waals surface area contributed by atoms with Crippen LogP contribution in [0.1, 0.15) is 104 Å². The number of nitrogens with zero attached hydrogens (tertiary/aromatic N) is 1. The number of primary amides is 1. The van der Waals surface area contributed by atoms with Crippen LogP contribution in [0.25, 0.3) is 0 Å². The van der Waals surface area contributed by atoms with E-state index < -0.39 is 11.9 Å². The Labute approximate surface area is 231 Å². The average molecular weight is 532 g/mol. The summed E-state index contributed by atoms with van der Waals surface area (Å²) in [4.78, 5) is 28.1. The number of thioether (sulfide) groups is 1. The highest BCUT2D eigenvalue weighted by molar-refractivity contribution is 7.99. The van der Waals surface area contributed by atoms with E-state index in [9.17, 15) is 9.59 Å². The Hall–Kier alpha value is -1.82. The van der Waals surface area contributed by atoms with Gasteiger partial charge in [-0.1, -0.05) is 90.4 Å². The first-order valence-corrected chi connectivity index (χ1v) is 15.5. The molecule has 0 aromatic carbocycles. The lowest BCUT2D eigenvalue weighted by Crippen LogP contribution is -2.35. The Kier molecular flexibility index (Phi) is 17.3. The second-order valence-corrected chi connectivity index (χ2v) is 12.5. The smallest absolute Gasteiger partial charge is 0.224 e. The van der Waals surface area contributed by atoms with Crippen LogP contribution < -0.4 is 11.1 Å². The first-order valence-electron chi connectivity index (χ1n) is 14.3. The van der Waals surface area contributed by atoms with Crippen molar-refractivity contribution in [2.75, 3.05) is 16.8 Å². The third kappa shape index (κ3) is 17.3. The predicted octanol–water partition coefficient (Wildman–Crippen LogP) is 7.73. The summed E-state index contributed by atoms with van der Waals surface area (Å²) in [6.07, 6.45) is 15.6. The van der Waals surface area contributed by atoms with Gasteiger partial charge in [0.1, 0.15) is 5.82 Å². The molecule has 0 spiro atoms. The van der Waals surface area contributed by atoms with E-state index in [1.165, 1.54) is 56.9 Å². The monoisotopic (exact) mass is 531 g/mol. The summed E-state index contributed by atoms with van der Waals surface area (Å²) in [7, 11) is 0. The lowest BCUT2D eigenvalue weighted by Gasteiger charge is -2.17. The van der Waals surface area contributed by atoms with Gasteiger partial charge in [0.25, 0.3) is 0 Å². The van der Waals surface area contributed by atoms with Crippen molar-refractivity contribution >= 4 is 29.3 Å². The second-order valence-electron chi connectivity index (χ2n) is 11.5. The minimum atomic E-state index is -0.597. The van der Waals surface area contributed by atoms with Gasteiger partial charge in [-0.15, -0.1) is 0 Å². The molecule has 1 heterocycles. The number of carbonyl (C=O) groups excluding carboxylic acids is 2. The lowest BCUT2D eigenvalue weighted by molar-refractivity contribution is -0.126. The van der Waals surface area contributed by atoms with Gasteiger partial charge in [-0.05, 0) is 56.1 Å². The van der Waals surface area contributed by atoms with Gasteiger partial charge in [-0.3, -0.25) is 9.59 Å². The van der Waals surface area contributed by atoms with Gasteiger partial charge in [0.05, 0.1) is 12.5 Å². The third-order valence-electron chi connectivity index (χ3n) is 6.95. The van der Waals surface area contributed by atoms with Crippen LogP contribution in [0, 0.1) is 24.7 Å². The third-order valence-corrected chi connectivity index (χ3v) is 7.92. The number of allylic oxidation sites excluding steroid dienone is 1. The van der Waals surface area contributed by atoms with E-state index >= 15 is 0 Å². The Morgan fingerprint density at radius 3 is 2.19 bits per heavy atom. The highest BCUT2D eigenvalue weighted by Crippen LogP contribution is 2.22. The number of hydrogen-bond acceptors (Lipinski definition) is 5. The standard InChI is InChI=1S/C31H53N3O2S/c1-23(2)10-7-11-24(3)12-8-13-25(4)14-9-15-26(5)18-19-37-22-28(29(35)20-30(32)36)34-31-17-16-27(6)21-33-31/h16-18,21,23-25,28H,7-15,19-20,22H2,1-6H3,(H2,32,36)(H,33,34)/b26-18+. The van der Waals surface area contributed by atoms with E-state index in [0.29, 0.717) is 11.6 Å². The number of aryl methyl sites for hydroxylation is 1. The quantitative estimate of drug-likeness (QED) is 0.0963. The molecule has 1 aromatic rings. The molecule has 0 aliphatic heterocycles. The van der Waals surface area contributed by atoms with Crippen molar-refractivity contribution in [2.45, 2.75) is 112 Å². The van der Waals surface area contributed by atoms with Crippen LogP contribution in [0.5, 0.6) is 0 Å². The minimum absolute atomic E-state index is 0.193. The second kappa shape index (κ2) is 19.3. The molecule has 0 fully saturated rings. The SMILES string of the molecule is C/C(=C\CSCC(Nc1ccc(C)cn1)C(=O)CC(N)=O)CCCC(C)CCCC(C)CCCC(C)C. The number of pyridine rings is 1. The molecule has 0 radical (unpaired) electrons. The molecule has 3 atom stereocenters. The van der Waals surface area contributed by atoms with Gasteiger partial charge in [-0.2, -0.15) is 11.8 Å². The first kappa shape index (κ1) is 33.2. The van der Waals surface area contributed by atoms with Crippen molar-refractivity contribution in [3.63, 3.8) is 0 Å². The molecule has 1 rings (SSSR count). The summed E-state index contributed by atoms with van der Waals surface area (Å²) in [5.74, 6) is 3.75. The summed E-state index contributed by atoms with van der Waals surface area (Å²) in [6, 6.07) is 3.31. The number of nitrogens with one attached hydrogen (secondary N) is 1. The van der Waals surface area contributed by atoms with E-state index in [0.717, 1.165) is 35.5 Å². The molecule has 0 saturated heterocycles. The fourth-order valence-corrected chi connectivity index (χ4v) is 5.48. The van der Waals surface area contributed by atoms with Gasteiger partial charge in [0.2, 0.25) is 5.91 Å². The fraction of sp³-hybridized carbons (Fsp3) is 0.710. The summed E-state index contributed by atoms with van der Waals surface area (Å²) < 4.78 is 0. The summed E-state index contributed by atoms with van der Waals surface area (Å²) in [5, 5.41) is 3.17. The zero-order chi connectivity index (χ0) is 27.6.